The van der Waals surface area contributed by atoms with Gasteiger partial charge in [-0.2, -0.15) is 0 Å². The first-order valence-electron chi connectivity index (χ1n) is 6.95. The van der Waals surface area contributed by atoms with E-state index in [0.29, 0.717) is 19.1 Å². The Balaban J connectivity index is 2.11. The summed E-state index contributed by atoms with van der Waals surface area (Å²) in [7, 11) is -2.16. The molecule has 0 radical (unpaired) electrons. The lowest BCUT2D eigenvalue weighted by atomic mass is 10.1. The minimum atomic E-state index is -3.46. The van der Waals surface area contributed by atoms with E-state index >= 15 is 0 Å². The number of sulfonamides is 1. The van der Waals surface area contributed by atoms with Gasteiger partial charge in [-0.25, -0.2) is 13.1 Å². The van der Waals surface area contributed by atoms with E-state index in [1.807, 2.05) is 0 Å². The van der Waals surface area contributed by atoms with Gasteiger partial charge in [-0.1, -0.05) is 25.7 Å². The lowest BCUT2D eigenvalue weighted by Gasteiger charge is -2.16. The maximum atomic E-state index is 11.4. The van der Waals surface area contributed by atoms with E-state index in [2.05, 4.69) is 15.4 Å². The summed E-state index contributed by atoms with van der Waals surface area (Å²) in [5.74, 6) is -0.968. The summed E-state index contributed by atoms with van der Waals surface area (Å²) in [6, 6.07) is 0.542. The second kappa shape index (κ2) is 8.50. The minimum absolute atomic E-state index is 0.461. The van der Waals surface area contributed by atoms with Gasteiger partial charge in [-0.05, 0) is 19.9 Å². The number of hydrogen-bond donors (Lipinski definition) is 3. The van der Waals surface area contributed by atoms with Gasteiger partial charge in [0.1, 0.15) is 5.75 Å². The molecule has 1 saturated carbocycles. The molecule has 0 aliphatic heterocycles. The van der Waals surface area contributed by atoms with Crippen molar-refractivity contribution in [2.24, 2.45) is 0 Å². The van der Waals surface area contributed by atoms with Gasteiger partial charge in [0.25, 0.3) is 0 Å². The van der Waals surface area contributed by atoms with Crippen molar-refractivity contribution in [2.75, 3.05) is 25.9 Å². The lowest BCUT2D eigenvalue weighted by molar-refractivity contribution is -0.118. The molecule has 1 aliphatic rings. The summed E-state index contributed by atoms with van der Waals surface area (Å²) >= 11 is 0. The molecule has 0 bridgehead atoms. The molecule has 112 valence electrons. The monoisotopic (exact) mass is 291 g/mol. The SMILES string of the molecule is CNS(=O)(=O)CC(=O)NCCNC1CCCCCC1. The Bertz CT molecular complexity index is 362. The quantitative estimate of drug-likeness (QED) is 0.454. The van der Waals surface area contributed by atoms with Gasteiger partial charge in [0, 0.05) is 19.1 Å². The minimum Gasteiger partial charge on any atom is -0.354 e. The highest BCUT2D eigenvalue weighted by molar-refractivity contribution is 7.90. The molecule has 0 spiro atoms. The molecule has 1 rings (SSSR count). The molecule has 6 nitrogen and oxygen atoms in total. The standard InChI is InChI=1S/C12H25N3O3S/c1-13-19(17,18)10-12(16)15-9-8-14-11-6-4-2-3-5-7-11/h11,13-14H,2-10H2,1H3,(H,15,16). The first kappa shape index (κ1) is 16.4. The Morgan fingerprint density at radius 1 is 1.11 bits per heavy atom. The van der Waals surface area contributed by atoms with Crippen LogP contribution >= 0.6 is 0 Å². The van der Waals surface area contributed by atoms with E-state index in [-0.39, 0.29) is 0 Å². The molecule has 0 unspecified atom stereocenters. The summed E-state index contributed by atoms with van der Waals surface area (Å²) in [6.45, 7) is 1.16. The molecule has 0 aromatic heterocycles. The molecular weight excluding hydrogens is 266 g/mol. The van der Waals surface area contributed by atoms with Crippen LogP contribution in [0.15, 0.2) is 0 Å². The van der Waals surface area contributed by atoms with Crippen LogP contribution in [0.25, 0.3) is 0 Å². The first-order chi connectivity index (χ1) is 9.03. The van der Waals surface area contributed by atoms with Gasteiger partial charge in [0.15, 0.2) is 0 Å². The summed E-state index contributed by atoms with van der Waals surface area (Å²) in [5, 5.41) is 6.02. The molecule has 3 N–H and O–H groups in total. The Morgan fingerprint density at radius 2 is 1.74 bits per heavy atom. The largest absolute Gasteiger partial charge is 0.354 e. The van der Waals surface area contributed by atoms with Crippen molar-refractivity contribution in [3.05, 3.63) is 0 Å². The third-order valence-corrected chi connectivity index (χ3v) is 4.63. The molecule has 19 heavy (non-hydrogen) atoms. The third-order valence-electron chi connectivity index (χ3n) is 3.37. The van der Waals surface area contributed by atoms with Crippen molar-refractivity contribution in [2.45, 2.75) is 44.6 Å². The fraction of sp³-hybridized carbons (Fsp3) is 0.917. The summed E-state index contributed by atoms with van der Waals surface area (Å²) in [6.07, 6.45) is 7.56. The average Bonchev–Trinajstić information content (AvgIpc) is 2.63. The lowest BCUT2D eigenvalue weighted by Crippen LogP contribution is -2.40. The fourth-order valence-electron chi connectivity index (χ4n) is 2.26. The smallest absolute Gasteiger partial charge is 0.236 e. The van der Waals surface area contributed by atoms with Crippen LogP contribution in [0.5, 0.6) is 0 Å². The molecule has 0 heterocycles. The number of nitrogens with one attached hydrogen (secondary N) is 3. The van der Waals surface area contributed by atoms with E-state index in [1.165, 1.54) is 45.6 Å². The summed E-state index contributed by atoms with van der Waals surface area (Å²) in [4.78, 5) is 11.4. The van der Waals surface area contributed by atoms with E-state index in [9.17, 15) is 13.2 Å². The van der Waals surface area contributed by atoms with Crippen LogP contribution in [-0.2, 0) is 14.8 Å². The maximum absolute atomic E-state index is 11.4. The molecule has 0 atom stereocenters. The predicted octanol–water partition coefficient (Wildman–Crippen LogP) is -0.0358. The van der Waals surface area contributed by atoms with Crippen LogP contribution in [0.4, 0.5) is 0 Å². The Labute approximate surface area is 115 Å². The van der Waals surface area contributed by atoms with Gasteiger partial charge >= 0.3 is 0 Å². The van der Waals surface area contributed by atoms with Gasteiger partial charge in [-0.3, -0.25) is 4.79 Å². The summed E-state index contributed by atoms with van der Waals surface area (Å²) < 4.78 is 24.4. The highest BCUT2D eigenvalue weighted by atomic mass is 32.2. The third kappa shape index (κ3) is 7.49. The zero-order chi connectivity index (χ0) is 14.1. The van der Waals surface area contributed by atoms with Crippen molar-refractivity contribution in [3.8, 4) is 0 Å². The van der Waals surface area contributed by atoms with Crippen LogP contribution in [-0.4, -0.2) is 46.3 Å². The molecule has 1 fully saturated rings. The molecule has 0 saturated heterocycles. The van der Waals surface area contributed by atoms with E-state index in [4.69, 9.17) is 0 Å². The van der Waals surface area contributed by atoms with E-state index in [1.54, 1.807) is 0 Å². The van der Waals surface area contributed by atoms with Gasteiger partial charge < -0.3 is 10.6 Å². The zero-order valence-electron chi connectivity index (χ0n) is 11.6. The molecule has 0 aromatic carbocycles. The van der Waals surface area contributed by atoms with Gasteiger partial charge in [0.05, 0.1) is 0 Å². The number of carbonyl (C=O) groups excluding carboxylic acids is 1. The van der Waals surface area contributed by atoms with Gasteiger partial charge in [0.2, 0.25) is 15.9 Å². The number of carbonyl (C=O) groups is 1. The highest BCUT2D eigenvalue weighted by Gasteiger charge is 2.14. The van der Waals surface area contributed by atoms with Crippen molar-refractivity contribution in [1.29, 1.82) is 0 Å². The first-order valence-corrected chi connectivity index (χ1v) is 8.60. The number of amides is 1. The van der Waals surface area contributed by atoms with Crippen LogP contribution in [0.1, 0.15) is 38.5 Å². The molecular formula is C12H25N3O3S. The Hall–Kier alpha value is -0.660. The normalized spacial score (nSPS) is 17.9. The van der Waals surface area contributed by atoms with Gasteiger partial charge in [-0.15, -0.1) is 0 Å². The Morgan fingerprint density at radius 3 is 2.32 bits per heavy atom. The van der Waals surface area contributed by atoms with Crippen molar-refractivity contribution in [3.63, 3.8) is 0 Å². The fourth-order valence-corrected chi connectivity index (χ4v) is 2.85. The molecule has 1 amide bonds. The number of rotatable bonds is 7. The number of hydrogen-bond acceptors (Lipinski definition) is 4. The maximum Gasteiger partial charge on any atom is 0.236 e. The molecule has 7 heteroatoms. The van der Waals surface area contributed by atoms with Crippen molar-refractivity contribution < 1.29 is 13.2 Å². The second-order valence-corrected chi connectivity index (χ2v) is 6.88. The van der Waals surface area contributed by atoms with Crippen LogP contribution in [0, 0.1) is 0 Å². The van der Waals surface area contributed by atoms with Crippen molar-refractivity contribution in [1.82, 2.24) is 15.4 Å². The second-order valence-electron chi connectivity index (χ2n) is 4.96. The highest BCUT2D eigenvalue weighted by Crippen LogP contribution is 2.16. The van der Waals surface area contributed by atoms with E-state index < -0.39 is 21.7 Å². The summed E-state index contributed by atoms with van der Waals surface area (Å²) in [5.41, 5.74) is 0. The average molecular weight is 291 g/mol. The molecule has 0 aromatic rings. The predicted molar refractivity (Wildman–Crippen MR) is 75.3 cm³/mol. The van der Waals surface area contributed by atoms with Crippen molar-refractivity contribution >= 4 is 15.9 Å². The Kier molecular flexibility index (Phi) is 7.33. The van der Waals surface area contributed by atoms with E-state index in [0.717, 1.165) is 0 Å². The topological polar surface area (TPSA) is 87.3 Å². The molecule has 1 aliphatic carbocycles. The van der Waals surface area contributed by atoms with Crippen LogP contribution in [0.3, 0.4) is 0 Å². The van der Waals surface area contributed by atoms with Crippen LogP contribution in [0.2, 0.25) is 0 Å². The van der Waals surface area contributed by atoms with Crippen LogP contribution < -0.4 is 15.4 Å². The zero-order valence-corrected chi connectivity index (χ0v) is 12.4.